The predicted molar refractivity (Wildman–Crippen MR) is 88.7 cm³/mol. The molecule has 10 nitrogen and oxygen atoms in total. The second kappa shape index (κ2) is 5.98. The molecule has 23 heavy (non-hydrogen) atoms. The Balaban J connectivity index is 1.71. The van der Waals surface area contributed by atoms with E-state index in [2.05, 4.69) is 29.6 Å². The Hall–Kier alpha value is -2.44. The lowest BCUT2D eigenvalue weighted by Crippen LogP contribution is -2.30. The average molecular weight is 350 g/mol. The number of nitrogens with zero attached hydrogens (tertiary/aromatic N) is 6. The van der Waals surface area contributed by atoms with Crippen molar-refractivity contribution in [3.8, 4) is 0 Å². The fourth-order valence-corrected chi connectivity index (χ4v) is 2.89. The predicted octanol–water partition coefficient (Wildman–Crippen LogP) is 0.602. The number of benzene rings is 1. The maximum absolute atomic E-state index is 11.2. The van der Waals surface area contributed by atoms with Crippen LogP contribution in [0, 0.1) is 0 Å². The minimum atomic E-state index is -3.73. The zero-order chi connectivity index (χ0) is 16.4. The lowest BCUT2D eigenvalue weighted by molar-refractivity contribution is 0.598. The van der Waals surface area contributed by atoms with Crippen molar-refractivity contribution in [3.05, 3.63) is 24.3 Å². The van der Waals surface area contributed by atoms with Crippen LogP contribution in [0.25, 0.3) is 0 Å². The van der Waals surface area contributed by atoms with Gasteiger partial charge in [-0.25, -0.2) is 23.5 Å². The second-order valence-electron chi connectivity index (χ2n) is 4.39. The van der Waals surface area contributed by atoms with Gasteiger partial charge in [0.25, 0.3) is 0 Å². The van der Waals surface area contributed by atoms with Crippen LogP contribution < -0.4 is 10.9 Å². The fourth-order valence-electron chi connectivity index (χ4n) is 1.76. The summed E-state index contributed by atoms with van der Waals surface area (Å²) in [5.74, 6) is 0.549. The summed E-state index contributed by atoms with van der Waals surface area (Å²) in [7, 11) is -3.73. The third-order valence-corrected chi connectivity index (χ3v) is 4.39. The normalized spacial score (nSPS) is 20.2. The number of primary sulfonamides is 1. The molecule has 1 aromatic carbocycles. The van der Waals surface area contributed by atoms with E-state index >= 15 is 0 Å². The molecular weight excluding hydrogens is 340 g/mol. The molecule has 0 amide bonds. The highest BCUT2D eigenvalue weighted by Crippen LogP contribution is 2.23. The quantitative estimate of drug-likeness (QED) is 0.603. The highest BCUT2D eigenvalue weighted by Gasteiger charge is 2.28. The van der Waals surface area contributed by atoms with Gasteiger partial charge < -0.3 is 5.73 Å². The number of hydrogen-bond donors (Lipinski definition) is 2. The van der Waals surface area contributed by atoms with Gasteiger partial charge in [-0.15, -0.1) is 9.63 Å². The Bertz CT molecular complexity index is 883. The van der Waals surface area contributed by atoms with E-state index < -0.39 is 16.1 Å². The molecule has 118 valence electrons. The van der Waals surface area contributed by atoms with Gasteiger partial charge in [-0.3, -0.25) is 4.99 Å². The van der Waals surface area contributed by atoms with Gasteiger partial charge in [0.1, 0.15) is 11.4 Å². The third-order valence-electron chi connectivity index (χ3n) is 2.79. The zero-order valence-electron chi connectivity index (χ0n) is 11.4. The maximum atomic E-state index is 11.2. The molecule has 0 saturated carbocycles. The number of hydrogen-bond acceptors (Lipinski definition) is 10. The minimum absolute atomic E-state index is 0.00545. The SMILES string of the molecule is NC1=NC2=NC=NC2C(SN=Nc2ccc(S(N)(=O)=O)cc2)=N1. The van der Waals surface area contributed by atoms with Crippen LogP contribution in [0.2, 0.25) is 0 Å². The van der Waals surface area contributed by atoms with E-state index in [1.807, 2.05) is 0 Å². The van der Waals surface area contributed by atoms with Crippen LogP contribution in [-0.2, 0) is 10.0 Å². The number of sulfonamides is 1. The van der Waals surface area contributed by atoms with Crippen molar-refractivity contribution in [2.24, 2.45) is 40.5 Å². The van der Waals surface area contributed by atoms with Crippen molar-refractivity contribution in [1.29, 1.82) is 0 Å². The Morgan fingerprint density at radius 3 is 2.61 bits per heavy atom. The number of fused-ring (bicyclic) bond motifs is 1. The molecular formula is C11H10N8O2S2. The first kappa shape index (κ1) is 15.5. The van der Waals surface area contributed by atoms with E-state index in [0.29, 0.717) is 16.6 Å². The molecule has 1 aromatic rings. The van der Waals surface area contributed by atoms with E-state index in [4.69, 9.17) is 10.9 Å². The Morgan fingerprint density at radius 2 is 1.91 bits per heavy atom. The monoisotopic (exact) mass is 350 g/mol. The second-order valence-corrected chi connectivity index (χ2v) is 6.71. The zero-order valence-corrected chi connectivity index (χ0v) is 13.1. The molecule has 0 radical (unpaired) electrons. The first-order valence-corrected chi connectivity index (χ1v) is 8.48. The molecule has 0 spiro atoms. The van der Waals surface area contributed by atoms with Gasteiger partial charge in [-0.1, -0.05) is 0 Å². The van der Waals surface area contributed by atoms with Gasteiger partial charge in [0.2, 0.25) is 16.0 Å². The van der Waals surface area contributed by atoms with Gasteiger partial charge >= 0.3 is 0 Å². The Labute approximate surface area is 135 Å². The van der Waals surface area contributed by atoms with Crippen molar-refractivity contribution in [3.63, 3.8) is 0 Å². The molecule has 1 atom stereocenters. The topological polar surface area (TPSA) is 160 Å². The van der Waals surface area contributed by atoms with Crippen LogP contribution in [0.4, 0.5) is 5.69 Å². The number of rotatable bonds is 3. The van der Waals surface area contributed by atoms with E-state index in [-0.39, 0.29) is 10.9 Å². The summed E-state index contributed by atoms with van der Waals surface area (Å²) >= 11 is 0.992. The van der Waals surface area contributed by atoms with Crippen LogP contribution in [0.15, 0.2) is 58.8 Å². The number of amidine groups is 1. The lowest BCUT2D eigenvalue weighted by Gasteiger charge is -2.12. The van der Waals surface area contributed by atoms with Gasteiger partial charge in [0.15, 0.2) is 11.9 Å². The molecule has 0 aromatic heterocycles. The van der Waals surface area contributed by atoms with E-state index in [0.717, 1.165) is 11.9 Å². The summed E-state index contributed by atoms with van der Waals surface area (Å²) in [6, 6.07) is 5.27. The molecule has 2 heterocycles. The van der Waals surface area contributed by atoms with Gasteiger partial charge in [-0.2, -0.15) is 4.99 Å². The number of aliphatic imine (C=N–C) groups is 4. The van der Waals surface area contributed by atoms with Gasteiger partial charge in [0, 0.05) is 0 Å². The van der Waals surface area contributed by atoms with Crippen LogP contribution in [0.1, 0.15) is 0 Å². The fraction of sp³-hybridized carbons (Fsp3) is 0.0909. The van der Waals surface area contributed by atoms with Crippen LogP contribution in [-0.4, -0.2) is 37.6 Å². The molecule has 0 saturated heterocycles. The summed E-state index contributed by atoms with van der Waals surface area (Å²) in [6.07, 6.45) is 1.39. The molecule has 0 fully saturated rings. The maximum Gasteiger partial charge on any atom is 0.238 e. The first-order chi connectivity index (χ1) is 10.9. The van der Waals surface area contributed by atoms with Crippen LogP contribution in [0.3, 0.4) is 0 Å². The molecule has 0 aliphatic carbocycles. The summed E-state index contributed by atoms with van der Waals surface area (Å²) in [5, 5.41) is 9.49. The van der Waals surface area contributed by atoms with Crippen molar-refractivity contribution >= 4 is 50.8 Å². The molecule has 4 N–H and O–H groups in total. The lowest BCUT2D eigenvalue weighted by atomic mass is 10.3. The summed E-state index contributed by atoms with van der Waals surface area (Å²) in [4.78, 5) is 16.1. The molecule has 2 aliphatic heterocycles. The highest BCUT2D eigenvalue weighted by molar-refractivity contribution is 8.13. The Kier molecular flexibility index (Phi) is 4.02. The first-order valence-electron chi connectivity index (χ1n) is 6.16. The molecule has 0 bridgehead atoms. The van der Waals surface area contributed by atoms with Crippen LogP contribution in [0.5, 0.6) is 0 Å². The molecule has 3 rings (SSSR count). The van der Waals surface area contributed by atoms with Gasteiger partial charge in [0.05, 0.1) is 22.5 Å². The van der Waals surface area contributed by atoms with Gasteiger partial charge in [-0.05, 0) is 24.3 Å². The third kappa shape index (κ3) is 3.49. The van der Waals surface area contributed by atoms with Crippen molar-refractivity contribution in [2.75, 3.05) is 0 Å². The summed E-state index contributed by atoms with van der Waals surface area (Å²) in [6.45, 7) is 0. The molecule has 1 unspecified atom stereocenters. The average Bonchev–Trinajstić information content (AvgIpc) is 2.95. The largest absolute Gasteiger partial charge is 0.368 e. The van der Waals surface area contributed by atoms with E-state index in [1.165, 1.54) is 30.6 Å². The number of guanidine groups is 1. The minimum Gasteiger partial charge on any atom is -0.368 e. The molecule has 12 heteroatoms. The van der Waals surface area contributed by atoms with Crippen molar-refractivity contribution < 1.29 is 8.42 Å². The van der Waals surface area contributed by atoms with Crippen LogP contribution >= 0.6 is 11.9 Å². The van der Waals surface area contributed by atoms with E-state index in [9.17, 15) is 8.42 Å². The summed E-state index contributed by atoms with van der Waals surface area (Å²) in [5.41, 5.74) is 6.06. The Morgan fingerprint density at radius 1 is 1.17 bits per heavy atom. The molecule has 2 aliphatic rings. The highest BCUT2D eigenvalue weighted by atomic mass is 32.2. The van der Waals surface area contributed by atoms with E-state index in [1.54, 1.807) is 0 Å². The van der Waals surface area contributed by atoms with Crippen molar-refractivity contribution in [1.82, 2.24) is 0 Å². The smallest absolute Gasteiger partial charge is 0.238 e. The van der Waals surface area contributed by atoms with Crippen molar-refractivity contribution in [2.45, 2.75) is 10.9 Å². The summed E-state index contributed by atoms with van der Waals surface area (Å²) < 4.78 is 26.3. The number of nitrogens with two attached hydrogens (primary N) is 2. The standard InChI is InChI=1S/C11H10N8O2S2/c12-11-16-9-8(14-5-15-9)10(17-11)22-19-18-6-1-3-7(4-2-6)23(13,20)21/h1-5,8H,(H2,13,20,21)(H2,12,14,15,16).